The number of nitrogens with zero attached hydrogens (tertiary/aromatic N) is 3. The van der Waals surface area contributed by atoms with E-state index in [1.54, 1.807) is 37.0 Å². The van der Waals surface area contributed by atoms with Crippen molar-refractivity contribution in [2.24, 2.45) is 0 Å². The molecule has 2 aliphatic heterocycles. The first-order valence-corrected chi connectivity index (χ1v) is 13.0. The fourth-order valence-electron chi connectivity index (χ4n) is 4.11. The summed E-state index contributed by atoms with van der Waals surface area (Å²) in [7, 11) is -3.99. The Morgan fingerprint density at radius 2 is 1.68 bits per heavy atom. The van der Waals surface area contributed by atoms with Crippen LogP contribution >= 0.6 is 0 Å². The second kappa shape index (κ2) is 12.1. The highest BCUT2D eigenvalue weighted by Gasteiger charge is 2.39. The quantitative estimate of drug-likeness (QED) is 0.424. The predicted molar refractivity (Wildman–Crippen MR) is 125 cm³/mol. The molecule has 2 unspecified atom stereocenters. The maximum atomic E-state index is 13.2. The van der Waals surface area contributed by atoms with E-state index in [4.69, 9.17) is 0 Å². The first kappa shape index (κ1) is 27.5. The molecule has 2 N–H and O–H groups in total. The molecular weight excluding hydrogens is 464 g/mol. The first-order valence-electron chi connectivity index (χ1n) is 11.3. The lowest BCUT2D eigenvalue weighted by Gasteiger charge is -2.35. The van der Waals surface area contributed by atoms with Crippen LogP contribution in [0.15, 0.2) is 23.8 Å². The second-order valence-corrected chi connectivity index (χ2v) is 10.3. The third kappa shape index (κ3) is 7.66. The van der Waals surface area contributed by atoms with Gasteiger partial charge in [-0.05, 0) is 26.7 Å². The van der Waals surface area contributed by atoms with Crippen LogP contribution in [0.1, 0.15) is 40.0 Å². The lowest BCUT2D eigenvalue weighted by atomic mass is 10.1. The van der Waals surface area contributed by atoms with Crippen LogP contribution in [0, 0.1) is 0 Å². The number of aliphatic carboxylic acids is 1. The Hall–Kier alpha value is -2.73. The van der Waals surface area contributed by atoms with Crippen LogP contribution in [0.3, 0.4) is 0 Å². The average molecular weight is 499 g/mol. The Morgan fingerprint density at radius 3 is 2.24 bits per heavy atom. The van der Waals surface area contributed by atoms with Crippen molar-refractivity contribution in [1.82, 2.24) is 19.4 Å². The minimum Gasteiger partial charge on any atom is -0.480 e. The molecule has 190 valence electrons. The molecule has 2 atom stereocenters. The molecule has 0 spiro atoms. The fraction of sp³-hybridized carbons (Fsp3) is 0.636. The number of hydrogen-bond donors (Lipinski definition) is 2. The van der Waals surface area contributed by atoms with Crippen LogP contribution < -0.4 is 4.72 Å². The van der Waals surface area contributed by atoms with Gasteiger partial charge < -0.3 is 19.8 Å². The van der Waals surface area contributed by atoms with Gasteiger partial charge in [-0.25, -0.2) is 17.9 Å². The Balaban J connectivity index is 2.20. The minimum absolute atomic E-state index is 0.0944. The van der Waals surface area contributed by atoms with Crippen molar-refractivity contribution < 1.29 is 32.7 Å². The van der Waals surface area contributed by atoms with E-state index in [-0.39, 0.29) is 37.7 Å². The van der Waals surface area contributed by atoms with E-state index in [0.717, 1.165) is 4.90 Å². The number of amides is 3. The van der Waals surface area contributed by atoms with Crippen molar-refractivity contribution in [3.63, 3.8) is 0 Å². The minimum atomic E-state index is -3.99. The van der Waals surface area contributed by atoms with Crippen LogP contribution in [0.4, 0.5) is 0 Å². The molecule has 0 saturated carbocycles. The van der Waals surface area contributed by atoms with E-state index >= 15 is 0 Å². The molecule has 0 aliphatic carbocycles. The normalized spacial score (nSPS) is 20.6. The molecule has 0 radical (unpaired) electrons. The van der Waals surface area contributed by atoms with Crippen molar-refractivity contribution in [1.29, 1.82) is 0 Å². The molecule has 0 bridgehead atoms. The third-order valence-electron chi connectivity index (χ3n) is 5.89. The maximum absolute atomic E-state index is 13.2. The molecule has 0 aromatic heterocycles. The number of sulfonamides is 1. The standard InChI is InChI=1S/C22H34N4O7S/c1-4-5-7-16(2)15-34(32,33)23-18(21(29)26-9-6-8-19(26)22(30)31)14-20(28)25-12-10-24(11-13-25)17(3)27/h4-5,7,18-19,23H,6,8-15H2,1-3H3,(H,30,31). The number of nitrogens with one attached hydrogen (secondary N) is 1. The summed E-state index contributed by atoms with van der Waals surface area (Å²) in [4.78, 5) is 53.5. The number of carboxylic acids is 1. The van der Waals surface area contributed by atoms with Crippen molar-refractivity contribution in [2.75, 3.05) is 38.5 Å². The van der Waals surface area contributed by atoms with Crippen molar-refractivity contribution in [3.8, 4) is 0 Å². The Labute approximate surface area is 200 Å². The van der Waals surface area contributed by atoms with Crippen LogP contribution in [0.2, 0.25) is 0 Å². The summed E-state index contributed by atoms with van der Waals surface area (Å²) in [6.07, 6.45) is 5.40. The summed E-state index contributed by atoms with van der Waals surface area (Å²) >= 11 is 0. The molecule has 11 nitrogen and oxygen atoms in total. The highest BCUT2D eigenvalue weighted by molar-refractivity contribution is 7.89. The van der Waals surface area contributed by atoms with Gasteiger partial charge in [0, 0.05) is 39.6 Å². The zero-order valence-electron chi connectivity index (χ0n) is 19.9. The van der Waals surface area contributed by atoms with Gasteiger partial charge in [0.25, 0.3) is 0 Å². The highest BCUT2D eigenvalue weighted by atomic mass is 32.2. The van der Waals surface area contributed by atoms with E-state index in [2.05, 4.69) is 4.72 Å². The zero-order valence-corrected chi connectivity index (χ0v) is 20.7. The summed E-state index contributed by atoms with van der Waals surface area (Å²) < 4.78 is 27.9. The SMILES string of the molecule is CC=CC=C(C)CS(=O)(=O)NC(CC(=O)N1CCN(C(C)=O)CC1)C(=O)N1CCCC1C(=O)O. The van der Waals surface area contributed by atoms with Crippen molar-refractivity contribution >= 4 is 33.7 Å². The number of carboxylic acid groups (broad SMARTS) is 1. The number of hydrogen-bond acceptors (Lipinski definition) is 6. The molecule has 2 aliphatic rings. The topological polar surface area (TPSA) is 144 Å². The van der Waals surface area contributed by atoms with Gasteiger partial charge in [-0.2, -0.15) is 0 Å². The summed E-state index contributed by atoms with van der Waals surface area (Å²) in [5, 5.41) is 9.45. The number of allylic oxidation sites excluding steroid dienone is 3. The smallest absolute Gasteiger partial charge is 0.326 e. The van der Waals surface area contributed by atoms with Gasteiger partial charge in [0.1, 0.15) is 12.1 Å². The van der Waals surface area contributed by atoms with E-state index in [1.807, 2.05) is 0 Å². The van der Waals surface area contributed by atoms with E-state index < -0.39 is 46.3 Å². The van der Waals surface area contributed by atoms with Gasteiger partial charge in [-0.1, -0.05) is 23.8 Å². The zero-order chi connectivity index (χ0) is 25.5. The molecule has 0 aromatic rings. The van der Waals surface area contributed by atoms with Gasteiger partial charge >= 0.3 is 5.97 Å². The molecule has 3 amide bonds. The molecule has 0 aromatic carbocycles. The van der Waals surface area contributed by atoms with Crippen molar-refractivity contribution in [3.05, 3.63) is 23.8 Å². The Bertz CT molecular complexity index is 952. The lowest BCUT2D eigenvalue weighted by Crippen LogP contribution is -2.55. The van der Waals surface area contributed by atoms with Crippen LogP contribution in [0.25, 0.3) is 0 Å². The molecule has 2 heterocycles. The second-order valence-electron chi connectivity index (χ2n) is 8.59. The van der Waals surface area contributed by atoms with Crippen molar-refractivity contribution in [2.45, 2.75) is 52.1 Å². The molecule has 2 fully saturated rings. The van der Waals surface area contributed by atoms with Gasteiger partial charge in [0.15, 0.2) is 0 Å². The summed E-state index contributed by atoms with van der Waals surface area (Å²) in [5.41, 5.74) is 0.535. The molecular formula is C22H34N4O7S. The van der Waals surface area contributed by atoms with E-state index in [0.29, 0.717) is 25.1 Å². The fourth-order valence-corrected chi connectivity index (χ4v) is 5.50. The Kier molecular flexibility index (Phi) is 9.80. The Morgan fingerprint density at radius 1 is 1.06 bits per heavy atom. The number of piperazine rings is 1. The molecule has 12 heteroatoms. The van der Waals surface area contributed by atoms with Crippen LogP contribution in [0.5, 0.6) is 0 Å². The average Bonchev–Trinajstić information content (AvgIpc) is 3.26. The molecule has 2 saturated heterocycles. The van der Waals surface area contributed by atoms with E-state index in [1.165, 1.54) is 11.8 Å². The van der Waals surface area contributed by atoms with Gasteiger partial charge in [0.05, 0.1) is 12.2 Å². The summed E-state index contributed by atoms with van der Waals surface area (Å²) in [5.74, 6) is -2.78. The monoisotopic (exact) mass is 498 g/mol. The third-order valence-corrected chi connectivity index (χ3v) is 7.37. The molecule has 2 rings (SSSR count). The van der Waals surface area contributed by atoms with Gasteiger partial charge in [-0.15, -0.1) is 0 Å². The summed E-state index contributed by atoms with van der Waals surface area (Å²) in [6, 6.07) is -2.47. The first-order chi connectivity index (χ1) is 15.9. The molecule has 34 heavy (non-hydrogen) atoms. The van der Waals surface area contributed by atoms with Gasteiger partial charge in [0.2, 0.25) is 27.7 Å². The maximum Gasteiger partial charge on any atom is 0.326 e. The lowest BCUT2D eigenvalue weighted by molar-refractivity contribution is -0.149. The van der Waals surface area contributed by atoms with Crippen LogP contribution in [-0.4, -0.2) is 102 Å². The predicted octanol–water partition coefficient (Wildman–Crippen LogP) is -0.0468. The number of carbonyl (C=O) groups is 4. The van der Waals surface area contributed by atoms with Gasteiger partial charge in [-0.3, -0.25) is 14.4 Å². The highest BCUT2D eigenvalue weighted by Crippen LogP contribution is 2.20. The number of likely N-dealkylation sites (tertiary alicyclic amines) is 1. The van der Waals surface area contributed by atoms with Crippen LogP contribution in [-0.2, 0) is 29.2 Å². The number of rotatable bonds is 9. The van der Waals surface area contributed by atoms with E-state index in [9.17, 15) is 32.7 Å². The number of carbonyl (C=O) groups excluding carboxylic acids is 3. The summed E-state index contributed by atoms with van der Waals surface area (Å²) in [6.45, 7) is 6.32. The largest absolute Gasteiger partial charge is 0.480 e.